The highest BCUT2D eigenvalue weighted by Gasteiger charge is 2.43. The highest BCUT2D eigenvalue weighted by Crippen LogP contribution is 2.41. The molecule has 0 bridgehead atoms. The molecule has 136 valence electrons. The van der Waals surface area contributed by atoms with Gasteiger partial charge in [-0.25, -0.2) is 9.97 Å². The predicted molar refractivity (Wildman–Crippen MR) is 101 cm³/mol. The Kier molecular flexibility index (Phi) is 4.23. The summed E-state index contributed by atoms with van der Waals surface area (Å²) < 4.78 is 6.40. The minimum absolute atomic E-state index is 0.220. The first-order valence-electron chi connectivity index (χ1n) is 9.85. The van der Waals surface area contributed by atoms with E-state index in [0.29, 0.717) is 6.04 Å². The molecular weight excluding hydrogens is 324 g/mol. The molecular formula is C21H26N4O. The molecule has 2 aromatic rings. The molecule has 1 spiro atoms. The van der Waals surface area contributed by atoms with E-state index in [1.165, 1.54) is 12.0 Å². The second-order valence-corrected chi connectivity index (χ2v) is 7.71. The zero-order valence-corrected chi connectivity index (χ0v) is 15.2. The van der Waals surface area contributed by atoms with E-state index in [1.54, 1.807) is 0 Å². The quantitative estimate of drug-likeness (QED) is 0.901. The van der Waals surface area contributed by atoms with Gasteiger partial charge < -0.3 is 10.1 Å². The lowest BCUT2D eigenvalue weighted by atomic mass is 9.82. The van der Waals surface area contributed by atoms with Crippen LogP contribution in [0.3, 0.4) is 0 Å². The highest BCUT2D eigenvalue weighted by molar-refractivity contribution is 5.55. The maximum absolute atomic E-state index is 6.40. The molecule has 3 aliphatic rings. The average molecular weight is 350 g/mol. The molecule has 26 heavy (non-hydrogen) atoms. The molecule has 2 saturated heterocycles. The fourth-order valence-corrected chi connectivity index (χ4v) is 4.72. The van der Waals surface area contributed by atoms with Gasteiger partial charge in [-0.3, -0.25) is 4.90 Å². The van der Waals surface area contributed by atoms with Crippen LogP contribution in [0.25, 0.3) is 11.4 Å². The standard InChI is InChI=1S/C21H26N4O/c1-2-4-16(5-3-1)20-23-14-17-7-13-26-21(19(17)24-20)8-11-25(12-9-21)18-6-10-22-15-18/h1-5,14,18,22H,6-13,15H2. The van der Waals surface area contributed by atoms with Gasteiger partial charge in [0.1, 0.15) is 5.60 Å². The molecule has 3 aliphatic heterocycles. The number of likely N-dealkylation sites (tertiary alicyclic amines) is 1. The molecule has 0 amide bonds. The zero-order valence-electron chi connectivity index (χ0n) is 15.2. The first-order valence-corrected chi connectivity index (χ1v) is 9.85. The molecule has 1 unspecified atom stereocenters. The Labute approximate surface area is 154 Å². The first-order chi connectivity index (χ1) is 12.8. The number of piperidine rings is 1. The lowest BCUT2D eigenvalue weighted by molar-refractivity contribution is -0.105. The Bertz CT molecular complexity index is 765. The van der Waals surface area contributed by atoms with Gasteiger partial charge in [-0.1, -0.05) is 30.3 Å². The van der Waals surface area contributed by atoms with E-state index in [9.17, 15) is 0 Å². The largest absolute Gasteiger partial charge is 0.368 e. The summed E-state index contributed by atoms with van der Waals surface area (Å²) in [4.78, 5) is 12.3. The van der Waals surface area contributed by atoms with Crippen LogP contribution in [0.1, 0.15) is 30.5 Å². The second kappa shape index (κ2) is 6.72. The monoisotopic (exact) mass is 350 g/mol. The lowest BCUT2D eigenvalue weighted by Crippen LogP contribution is -2.50. The molecule has 1 aromatic carbocycles. The van der Waals surface area contributed by atoms with Crippen molar-refractivity contribution in [2.75, 3.05) is 32.8 Å². The van der Waals surface area contributed by atoms with Crippen molar-refractivity contribution in [3.8, 4) is 11.4 Å². The maximum Gasteiger partial charge on any atom is 0.159 e. The third-order valence-corrected chi connectivity index (χ3v) is 6.23. The Morgan fingerprint density at radius 2 is 2.00 bits per heavy atom. The lowest BCUT2D eigenvalue weighted by Gasteiger charge is -2.45. The third-order valence-electron chi connectivity index (χ3n) is 6.23. The van der Waals surface area contributed by atoms with Crippen molar-refractivity contribution < 1.29 is 4.74 Å². The number of aromatic nitrogens is 2. The van der Waals surface area contributed by atoms with Gasteiger partial charge in [-0.15, -0.1) is 0 Å². The third kappa shape index (κ3) is 2.84. The number of hydrogen-bond acceptors (Lipinski definition) is 5. The molecule has 1 N–H and O–H groups in total. The zero-order chi connectivity index (χ0) is 17.4. The van der Waals surface area contributed by atoms with Crippen molar-refractivity contribution >= 4 is 0 Å². The van der Waals surface area contributed by atoms with Crippen LogP contribution in [0.2, 0.25) is 0 Å². The summed E-state index contributed by atoms with van der Waals surface area (Å²) in [5.74, 6) is 0.816. The summed E-state index contributed by atoms with van der Waals surface area (Å²) in [6.07, 6.45) is 6.28. The summed E-state index contributed by atoms with van der Waals surface area (Å²) in [5.41, 5.74) is 3.27. The molecule has 5 nitrogen and oxygen atoms in total. The van der Waals surface area contributed by atoms with E-state index >= 15 is 0 Å². The molecule has 2 fully saturated rings. The molecule has 1 aromatic heterocycles. The summed E-state index contributed by atoms with van der Waals surface area (Å²) in [7, 11) is 0. The van der Waals surface area contributed by atoms with Crippen LogP contribution in [0.4, 0.5) is 0 Å². The van der Waals surface area contributed by atoms with Crippen LogP contribution in [-0.2, 0) is 16.8 Å². The van der Waals surface area contributed by atoms with Gasteiger partial charge in [0, 0.05) is 37.4 Å². The Balaban J connectivity index is 1.44. The number of hydrogen-bond donors (Lipinski definition) is 1. The number of nitrogens with zero attached hydrogens (tertiary/aromatic N) is 3. The van der Waals surface area contributed by atoms with Crippen molar-refractivity contribution in [3.05, 3.63) is 47.8 Å². The fraction of sp³-hybridized carbons (Fsp3) is 0.524. The van der Waals surface area contributed by atoms with E-state index in [2.05, 4.69) is 27.3 Å². The number of ether oxygens (including phenoxy) is 1. The molecule has 4 heterocycles. The summed E-state index contributed by atoms with van der Waals surface area (Å²) in [5, 5.41) is 3.49. The topological polar surface area (TPSA) is 50.3 Å². The van der Waals surface area contributed by atoms with Crippen LogP contribution in [0.5, 0.6) is 0 Å². The van der Waals surface area contributed by atoms with Crippen molar-refractivity contribution in [1.82, 2.24) is 20.2 Å². The van der Waals surface area contributed by atoms with Gasteiger partial charge in [0.25, 0.3) is 0 Å². The predicted octanol–water partition coefficient (Wildman–Crippen LogP) is 2.37. The summed E-state index contributed by atoms with van der Waals surface area (Å²) in [6.45, 7) is 5.25. The molecule has 0 saturated carbocycles. The second-order valence-electron chi connectivity index (χ2n) is 7.71. The number of fused-ring (bicyclic) bond motifs is 2. The van der Waals surface area contributed by atoms with E-state index in [-0.39, 0.29) is 5.60 Å². The Morgan fingerprint density at radius 3 is 2.77 bits per heavy atom. The molecule has 0 radical (unpaired) electrons. The minimum atomic E-state index is -0.220. The minimum Gasteiger partial charge on any atom is -0.368 e. The van der Waals surface area contributed by atoms with Gasteiger partial charge in [-0.05, 0) is 37.8 Å². The Hall–Kier alpha value is -1.82. The van der Waals surface area contributed by atoms with Crippen LogP contribution in [0.15, 0.2) is 36.5 Å². The molecule has 0 aliphatic carbocycles. The van der Waals surface area contributed by atoms with Crippen LogP contribution >= 0.6 is 0 Å². The van der Waals surface area contributed by atoms with E-state index in [0.717, 1.165) is 69.1 Å². The van der Waals surface area contributed by atoms with Gasteiger partial charge in [0.05, 0.1) is 12.3 Å². The van der Waals surface area contributed by atoms with E-state index in [4.69, 9.17) is 9.72 Å². The van der Waals surface area contributed by atoms with Gasteiger partial charge in [-0.2, -0.15) is 0 Å². The van der Waals surface area contributed by atoms with Crippen LogP contribution in [0, 0.1) is 0 Å². The van der Waals surface area contributed by atoms with Crippen molar-refractivity contribution in [3.63, 3.8) is 0 Å². The smallest absolute Gasteiger partial charge is 0.159 e. The number of rotatable bonds is 2. The van der Waals surface area contributed by atoms with Crippen LogP contribution in [-0.4, -0.2) is 53.7 Å². The van der Waals surface area contributed by atoms with Gasteiger partial charge in [0.2, 0.25) is 0 Å². The van der Waals surface area contributed by atoms with Crippen molar-refractivity contribution in [2.45, 2.75) is 37.3 Å². The van der Waals surface area contributed by atoms with Gasteiger partial charge in [0.15, 0.2) is 5.82 Å². The fourth-order valence-electron chi connectivity index (χ4n) is 4.72. The first kappa shape index (κ1) is 16.4. The maximum atomic E-state index is 6.40. The summed E-state index contributed by atoms with van der Waals surface area (Å²) in [6, 6.07) is 11.0. The highest BCUT2D eigenvalue weighted by atomic mass is 16.5. The van der Waals surface area contributed by atoms with E-state index in [1.807, 2.05) is 24.4 Å². The average Bonchev–Trinajstić information content (AvgIpc) is 3.24. The van der Waals surface area contributed by atoms with Gasteiger partial charge >= 0.3 is 0 Å². The summed E-state index contributed by atoms with van der Waals surface area (Å²) >= 11 is 0. The molecule has 1 atom stereocenters. The van der Waals surface area contributed by atoms with Crippen molar-refractivity contribution in [2.24, 2.45) is 0 Å². The number of benzene rings is 1. The SMILES string of the molecule is c1ccc(-c2ncc3c(n2)C2(CCN(C4CCNC4)CC2)OCC3)cc1. The molecule has 5 heteroatoms. The number of nitrogens with one attached hydrogen (secondary N) is 1. The van der Waals surface area contributed by atoms with Crippen molar-refractivity contribution in [1.29, 1.82) is 0 Å². The normalized spacial score (nSPS) is 25.3. The molecule has 5 rings (SSSR count). The van der Waals surface area contributed by atoms with E-state index < -0.39 is 0 Å². The van der Waals surface area contributed by atoms with Crippen LogP contribution < -0.4 is 5.32 Å². The Morgan fingerprint density at radius 1 is 1.15 bits per heavy atom.